The van der Waals surface area contributed by atoms with Crippen LogP contribution in [0.25, 0.3) is 0 Å². The Morgan fingerprint density at radius 3 is 1.81 bits per heavy atom. The number of guanidine groups is 1. The molecule has 0 saturated carbocycles. The first-order valence-corrected chi connectivity index (χ1v) is 16.4. The lowest BCUT2D eigenvalue weighted by Gasteiger charge is -2.43. The van der Waals surface area contributed by atoms with Gasteiger partial charge in [-0.2, -0.15) is 0 Å². The summed E-state index contributed by atoms with van der Waals surface area (Å²) in [7, 11) is 0. The van der Waals surface area contributed by atoms with E-state index >= 15 is 0 Å². The standard InChI is InChI=1S/C32H52N4O16/c1-12-44-29(42)35-28(33-15-13-14-21(26(41)50-31(6,7)8)34-30(43)51-32(9,10)11)36-52-27-25(48-20(5)40)24(47-19(4)39)23(46-18(3)38)22(49-27)16-45-17(2)37/h21-25,27H,12-16H2,1-11H3,(H,34,43)(H2,33,35,36,42)/t21-,22?,23-,24-,25?,27-/m0/s1. The molecule has 0 aromatic rings. The summed E-state index contributed by atoms with van der Waals surface area (Å²) in [5, 5.41) is 4.83. The predicted molar refractivity (Wildman–Crippen MR) is 177 cm³/mol. The summed E-state index contributed by atoms with van der Waals surface area (Å²) in [4.78, 5) is 95.4. The van der Waals surface area contributed by atoms with E-state index in [9.17, 15) is 33.6 Å². The summed E-state index contributed by atoms with van der Waals surface area (Å²) in [6, 6.07) is -1.12. The van der Waals surface area contributed by atoms with E-state index in [1.807, 2.05) is 0 Å². The molecule has 0 aromatic heterocycles. The van der Waals surface area contributed by atoms with Gasteiger partial charge >= 0.3 is 42.0 Å². The average molecular weight is 749 g/mol. The summed E-state index contributed by atoms with van der Waals surface area (Å²) >= 11 is 0. The zero-order chi connectivity index (χ0) is 39.8. The fourth-order valence-electron chi connectivity index (χ4n) is 4.32. The number of aliphatic imine (C=N–C) groups is 1. The molecule has 1 aliphatic rings. The highest BCUT2D eigenvalue weighted by Crippen LogP contribution is 2.29. The summed E-state index contributed by atoms with van der Waals surface area (Å²) < 4.78 is 42.6. The number of ether oxygens (including phenoxy) is 8. The minimum atomic E-state index is -1.66. The Hall–Kier alpha value is -4.72. The van der Waals surface area contributed by atoms with Gasteiger partial charge in [-0.15, -0.1) is 0 Å². The van der Waals surface area contributed by atoms with Crippen LogP contribution in [0.4, 0.5) is 9.59 Å². The topological polar surface area (TPSA) is 251 Å². The molecule has 0 bridgehead atoms. The van der Waals surface area contributed by atoms with Gasteiger partial charge in [0.25, 0.3) is 0 Å². The smallest absolute Gasteiger partial charge is 0.413 e. The number of carbonyl (C=O) groups is 7. The SMILES string of the molecule is CCOC(=O)NC(=NCCC[C@H](NC(=O)OC(C)(C)C)C(=O)OC(C)(C)C)NO[C@@H]1OC(COC(C)=O)[C@H](OC(C)=O)[C@H](OC(C)=O)C1OC(C)=O. The van der Waals surface area contributed by atoms with E-state index in [2.05, 4.69) is 21.1 Å². The highest BCUT2D eigenvalue weighted by molar-refractivity contribution is 5.93. The first-order chi connectivity index (χ1) is 24.0. The van der Waals surface area contributed by atoms with Gasteiger partial charge < -0.3 is 43.2 Å². The highest BCUT2D eigenvalue weighted by atomic mass is 16.8. The van der Waals surface area contributed by atoms with E-state index in [-0.39, 0.29) is 32.0 Å². The Labute approximate surface area is 302 Å². The van der Waals surface area contributed by atoms with Gasteiger partial charge in [0.05, 0.1) is 6.61 Å². The number of nitrogens with one attached hydrogen (secondary N) is 3. The lowest BCUT2D eigenvalue weighted by Crippen LogP contribution is -2.64. The molecule has 20 heteroatoms. The van der Waals surface area contributed by atoms with Gasteiger partial charge in [0.2, 0.25) is 12.2 Å². The molecule has 3 N–H and O–H groups in total. The Bertz CT molecular complexity index is 1290. The van der Waals surface area contributed by atoms with Crippen molar-refractivity contribution in [3.05, 3.63) is 0 Å². The lowest BCUT2D eigenvalue weighted by molar-refractivity contribution is -0.316. The molecule has 0 aliphatic carbocycles. The first-order valence-electron chi connectivity index (χ1n) is 16.4. The van der Waals surface area contributed by atoms with Crippen LogP contribution in [0.5, 0.6) is 0 Å². The number of esters is 5. The van der Waals surface area contributed by atoms with E-state index in [1.165, 1.54) is 0 Å². The van der Waals surface area contributed by atoms with Gasteiger partial charge in [-0.3, -0.25) is 29.5 Å². The quantitative estimate of drug-likeness (QED) is 0.0571. The van der Waals surface area contributed by atoms with Crippen molar-refractivity contribution in [2.75, 3.05) is 19.8 Å². The van der Waals surface area contributed by atoms with Gasteiger partial charge in [0.15, 0.2) is 18.3 Å². The fraction of sp³-hybridized carbons (Fsp3) is 0.750. The van der Waals surface area contributed by atoms with Crippen molar-refractivity contribution in [1.29, 1.82) is 0 Å². The maximum atomic E-state index is 12.9. The predicted octanol–water partition coefficient (Wildman–Crippen LogP) is 1.71. The second kappa shape index (κ2) is 21.0. The zero-order valence-electron chi connectivity index (χ0n) is 31.5. The van der Waals surface area contributed by atoms with Crippen molar-refractivity contribution in [2.45, 2.75) is 137 Å². The summed E-state index contributed by atoms with van der Waals surface area (Å²) in [5.41, 5.74) is 0.700. The van der Waals surface area contributed by atoms with Gasteiger partial charge in [-0.1, -0.05) is 0 Å². The van der Waals surface area contributed by atoms with Crippen LogP contribution in [0.3, 0.4) is 0 Å². The van der Waals surface area contributed by atoms with E-state index in [1.54, 1.807) is 48.5 Å². The maximum Gasteiger partial charge on any atom is 0.413 e. The average Bonchev–Trinajstić information content (AvgIpc) is 2.96. The van der Waals surface area contributed by atoms with Gasteiger partial charge in [-0.05, 0) is 61.3 Å². The molecule has 2 unspecified atom stereocenters. The van der Waals surface area contributed by atoms with E-state index in [0.29, 0.717) is 0 Å². The Morgan fingerprint density at radius 1 is 0.731 bits per heavy atom. The number of hydrogen-bond donors (Lipinski definition) is 3. The van der Waals surface area contributed by atoms with Crippen molar-refractivity contribution in [3.8, 4) is 0 Å². The largest absolute Gasteiger partial charge is 0.463 e. The third-order valence-corrected chi connectivity index (χ3v) is 6.02. The Kier molecular flexibility index (Phi) is 18.3. The van der Waals surface area contributed by atoms with Gasteiger partial charge in [0, 0.05) is 34.2 Å². The summed E-state index contributed by atoms with van der Waals surface area (Å²) in [6.45, 7) is 15.3. The van der Waals surface area contributed by atoms with Crippen molar-refractivity contribution in [1.82, 2.24) is 16.1 Å². The Balaban J connectivity index is 3.34. The number of carbonyl (C=O) groups excluding carboxylic acids is 7. The number of alkyl carbamates (subject to hydrolysis) is 2. The van der Waals surface area contributed by atoms with E-state index in [4.69, 9.17) is 42.7 Å². The van der Waals surface area contributed by atoms with Crippen LogP contribution in [0.1, 0.15) is 89.0 Å². The summed E-state index contributed by atoms with van der Waals surface area (Å²) in [6.07, 6.45) is -9.10. The second-order valence-corrected chi connectivity index (χ2v) is 13.2. The fourth-order valence-corrected chi connectivity index (χ4v) is 4.32. The number of nitrogens with zero attached hydrogens (tertiary/aromatic N) is 1. The molecular formula is C32H52N4O16. The van der Waals surface area contributed by atoms with Crippen LogP contribution < -0.4 is 16.1 Å². The molecule has 52 heavy (non-hydrogen) atoms. The lowest BCUT2D eigenvalue weighted by atomic mass is 9.98. The minimum Gasteiger partial charge on any atom is -0.463 e. The van der Waals surface area contributed by atoms with Crippen molar-refractivity contribution >= 4 is 48.0 Å². The van der Waals surface area contributed by atoms with Crippen LogP contribution in [0.2, 0.25) is 0 Å². The number of amides is 2. The summed E-state index contributed by atoms with van der Waals surface area (Å²) in [5.74, 6) is -4.30. The molecule has 0 aromatic carbocycles. The molecular weight excluding hydrogens is 696 g/mol. The highest BCUT2D eigenvalue weighted by Gasteiger charge is 2.53. The number of rotatable bonds is 14. The minimum absolute atomic E-state index is 0.00638. The van der Waals surface area contributed by atoms with Crippen molar-refractivity contribution in [3.63, 3.8) is 0 Å². The van der Waals surface area contributed by atoms with Crippen LogP contribution in [0.15, 0.2) is 4.99 Å². The van der Waals surface area contributed by atoms with Crippen LogP contribution in [-0.4, -0.2) is 116 Å². The molecule has 2 amide bonds. The molecule has 20 nitrogen and oxygen atoms in total. The third-order valence-electron chi connectivity index (χ3n) is 6.02. The van der Waals surface area contributed by atoms with E-state index < -0.39 is 96.6 Å². The molecule has 1 fully saturated rings. The van der Waals surface area contributed by atoms with Crippen molar-refractivity contribution < 1.29 is 76.3 Å². The van der Waals surface area contributed by atoms with Gasteiger partial charge in [0.1, 0.15) is 30.0 Å². The third kappa shape index (κ3) is 18.5. The van der Waals surface area contributed by atoms with Crippen molar-refractivity contribution in [2.24, 2.45) is 4.99 Å². The normalized spacial score (nSPS) is 21.0. The first kappa shape index (κ1) is 45.3. The Morgan fingerprint density at radius 2 is 1.29 bits per heavy atom. The van der Waals surface area contributed by atoms with Crippen LogP contribution >= 0.6 is 0 Å². The molecule has 1 heterocycles. The maximum absolute atomic E-state index is 12.9. The molecule has 1 aliphatic heterocycles. The monoisotopic (exact) mass is 748 g/mol. The van der Waals surface area contributed by atoms with Gasteiger partial charge in [-0.25, -0.2) is 24.7 Å². The van der Waals surface area contributed by atoms with Crippen LogP contribution in [0, 0.1) is 0 Å². The molecule has 296 valence electrons. The van der Waals surface area contributed by atoms with E-state index in [0.717, 1.165) is 27.7 Å². The van der Waals surface area contributed by atoms with Crippen LogP contribution in [-0.2, 0) is 66.7 Å². The molecule has 0 radical (unpaired) electrons. The molecule has 1 saturated heterocycles. The molecule has 1 rings (SSSR count). The molecule has 0 spiro atoms. The number of hydrogen-bond acceptors (Lipinski definition) is 17. The second-order valence-electron chi connectivity index (χ2n) is 13.2. The molecule has 6 atom stereocenters. The number of hydroxylamine groups is 1. The zero-order valence-corrected chi connectivity index (χ0v) is 31.5.